The zero-order valence-electron chi connectivity index (χ0n) is 19.9. The van der Waals surface area contributed by atoms with Gasteiger partial charge in [0.1, 0.15) is 11.5 Å². The molecule has 0 bridgehead atoms. The van der Waals surface area contributed by atoms with Crippen molar-refractivity contribution in [2.45, 2.75) is 39.7 Å². The summed E-state index contributed by atoms with van der Waals surface area (Å²) >= 11 is 6.18. The van der Waals surface area contributed by atoms with Crippen molar-refractivity contribution in [3.05, 3.63) is 76.3 Å². The molecule has 0 spiro atoms. The first kappa shape index (κ1) is 23.5. The second-order valence-corrected chi connectivity index (χ2v) is 9.59. The first-order chi connectivity index (χ1) is 17.0. The molecule has 7 heteroatoms. The summed E-state index contributed by atoms with van der Waals surface area (Å²) in [6, 6.07) is 15.7. The van der Waals surface area contributed by atoms with Crippen LogP contribution in [0.15, 0.2) is 53.1 Å². The summed E-state index contributed by atoms with van der Waals surface area (Å²) in [5.74, 6) is 1.18. The van der Waals surface area contributed by atoms with Gasteiger partial charge in [0.2, 0.25) is 0 Å². The van der Waals surface area contributed by atoms with Gasteiger partial charge in [-0.3, -0.25) is 4.79 Å². The average molecular weight is 490 g/mol. The van der Waals surface area contributed by atoms with Gasteiger partial charge in [-0.1, -0.05) is 35.0 Å². The molecule has 1 N–H and O–H groups in total. The number of rotatable bonds is 7. The van der Waals surface area contributed by atoms with E-state index in [1.165, 1.54) is 0 Å². The minimum atomic E-state index is 0.0689. The van der Waals surface area contributed by atoms with Crippen LogP contribution in [0.25, 0.3) is 22.0 Å². The molecule has 6 nitrogen and oxygen atoms in total. The van der Waals surface area contributed by atoms with E-state index in [9.17, 15) is 4.79 Å². The molecule has 1 saturated heterocycles. The lowest BCUT2D eigenvalue weighted by Gasteiger charge is -2.21. The summed E-state index contributed by atoms with van der Waals surface area (Å²) in [7, 11) is 0. The molecule has 35 heavy (non-hydrogen) atoms. The molecule has 1 aliphatic rings. The quantitative estimate of drug-likeness (QED) is 0.288. The van der Waals surface area contributed by atoms with E-state index in [0.29, 0.717) is 29.6 Å². The van der Waals surface area contributed by atoms with Gasteiger partial charge in [-0.2, -0.15) is 0 Å². The zero-order chi connectivity index (χ0) is 24.4. The monoisotopic (exact) mass is 489 g/mol. The van der Waals surface area contributed by atoms with Crippen molar-refractivity contribution in [1.29, 1.82) is 0 Å². The molecule has 2 aromatic carbocycles. The maximum absolute atomic E-state index is 13.2. The van der Waals surface area contributed by atoms with Crippen molar-refractivity contribution >= 4 is 34.0 Å². The number of pyridine rings is 1. The third kappa shape index (κ3) is 5.24. The van der Waals surface area contributed by atoms with Gasteiger partial charge >= 0.3 is 0 Å². The topological polar surface area (TPSA) is 77.2 Å². The van der Waals surface area contributed by atoms with Gasteiger partial charge in [0.25, 0.3) is 0 Å². The zero-order valence-corrected chi connectivity index (χ0v) is 20.7. The summed E-state index contributed by atoms with van der Waals surface area (Å²) in [5, 5.41) is 9.25. The lowest BCUT2D eigenvalue weighted by Crippen LogP contribution is -2.19. The molecule has 1 aliphatic heterocycles. The molecule has 1 fully saturated rings. The average Bonchev–Trinajstić information content (AvgIpc) is 3.20. The molecule has 0 amide bonds. The highest BCUT2D eigenvalue weighted by Crippen LogP contribution is 2.33. The number of carbonyl (C=O) groups is 1. The molecule has 4 aromatic rings. The van der Waals surface area contributed by atoms with Crippen molar-refractivity contribution in [2.75, 3.05) is 18.5 Å². The number of aryl methyl sites for hydroxylation is 2. The van der Waals surface area contributed by atoms with Gasteiger partial charge < -0.3 is 14.6 Å². The predicted octanol–water partition coefficient (Wildman–Crippen LogP) is 6.77. The van der Waals surface area contributed by atoms with Crippen LogP contribution in [-0.2, 0) is 11.3 Å². The van der Waals surface area contributed by atoms with E-state index < -0.39 is 0 Å². The van der Waals surface area contributed by atoms with E-state index in [1.54, 1.807) is 0 Å². The molecule has 0 saturated carbocycles. The van der Waals surface area contributed by atoms with Crippen LogP contribution in [0.4, 0.5) is 5.69 Å². The number of anilines is 1. The fourth-order valence-corrected chi connectivity index (χ4v) is 4.94. The number of fused-ring (bicyclic) bond motifs is 1. The van der Waals surface area contributed by atoms with Crippen molar-refractivity contribution in [3.63, 3.8) is 0 Å². The molecule has 0 aliphatic carbocycles. The summed E-state index contributed by atoms with van der Waals surface area (Å²) in [6.07, 6.45) is 2.33. The SMILES string of the molecule is Cc1noc(C)c1-c1ccc2nc(C(=O)CC3CCOCC3)cc(NCc3cccc(Cl)c3)c2c1. The number of halogens is 1. The molecule has 0 unspecified atom stereocenters. The standard InChI is InChI=1S/C28H28ClN3O3/c1-17-28(18(2)35-32-17)21-6-7-24-23(14-21)25(30-16-20-4-3-5-22(29)12-20)15-26(31-24)27(33)13-19-8-10-34-11-9-19/h3-7,12,14-15,19H,8-11,13,16H2,1-2H3,(H,30,31). The highest BCUT2D eigenvalue weighted by atomic mass is 35.5. The highest BCUT2D eigenvalue weighted by molar-refractivity contribution is 6.30. The fourth-order valence-electron chi connectivity index (χ4n) is 4.73. The predicted molar refractivity (Wildman–Crippen MR) is 138 cm³/mol. The summed E-state index contributed by atoms with van der Waals surface area (Å²) in [5.41, 5.74) is 5.99. The fraction of sp³-hybridized carbons (Fsp3) is 0.321. The number of nitrogens with zero attached hydrogens (tertiary/aromatic N) is 2. The highest BCUT2D eigenvalue weighted by Gasteiger charge is 2.21. The second kappa shape index (κ2) is 10.2. The number of hydrogen-bond donors (Lipinski definition) is 1. The van der Waals surface area contributed by atoms with Gasteiger partial charge in [-0.25, -0.2) is 4.98 Å². The van der Waals surface area contributed by atoms with E-state index in [4.69, 9.17) is 25.8 Å². The van der Waals surface area contributed by atoms with Crippen LogP contribution in [0, 0.1) is 19.8 Å². The van der Waals surface area contributed by atoms with Crippen molar-refractivity contribution in [2.24, 2.45) is 5.92 Å². The lowest BCUT2D eigenvalue weighted by atomic mass is 9.93. The maximum Gasteiger partial charge on any atom is 0.181 e. The Morgan fingerprint density at radius 2 is 1.94 bits per heavy atom. The second-order valence-electron chi connectivity index (χ2n) is 9.15. The van der Waals surface area contributed by atoms with E-state index >= 15 is 0 Å². The number of Topliss-reactive ketones (excluding diaryl/α,β-unsaturated/α-hetero) is 1. The van der Waals surface area contributed by atoms with Gasteiger partial charge in [-0.15, -0.1) is 0 Å². The minimum Gasteiger partial charge on any atom is -0.381 e. The molecule has 180 valence electrons. The van der Waals surface area contributed by atoms with Crippen LogP contribution in [0.2, 0.25) is 5.02 Å². The molecular weight excluding hydrogens is 462 g/mol. The number of hydrogen-bond acceptors (Lipinski definition) is 6. The first-order valence-electron chi connectivity index (χ1n) is 12.0. The normalized spacial score (nSPS) is 14.4. The van der Waals surface area contributed by atoms with E-state index in [-0.39, 0.29) is 5.78 Å². The molecule has 2 aromatic heterocycles. The lowest BCUT2D eigenvalue weighted by molar-refractivity contribution is 0.0599. The van der Waals surface area contributed by atoms with Gasteiger partial charge in [0.05, 0.1) is 11.2 Å². The largest absolute Gasteiger partial charge is 0.381 e. The van der Waals surface area contributed by atoms with Crippen molar-refractivity contribution < 1.29 is 14.1 Å². The number of ketones is 1. The Kier molecular flexibility index (Phi) is 6.84. The minimum absolute atomic E-state index is 0.0689. The Morgan fingerprint density at radius 1 is 1.11 bits per heavy atom. The number of nitrogens with one attached hydrogen (secondary N) is 1. The summed E-state index contributed by atoms with van der Waals surface area (Å²) in [6.45, 7) is 5.86. The van der Waals surface area contributed by atoms with Gasteiger partial charge in [-0.05, 0) is 74.1 Å². The third-order valence-corrected chi connectivity index (χ3v) is 6.84. The van der Waals surface area contributed by atoms with Crippen molar-refractivity contribution in [3.8, 4) is 11.1 Å². The van der Waals surface area contributed by atoms with Crippen LogP contribution in [0.5, 0.6) is 0 Å². The van der Waals surface area contributed by atoms with E-state index in [2.05, 4.69) is 16.5 Å². The van der Waals surface area contributed by atoms with Crippen LogP contribution < -0.4 is 5.32 Å². The smallest absolute Gasteiger partial charge is 0.181 e. The van der Waals surface area contributed by atoms with Gasteiger partial charge in [0.15, 0.2) is 5.78 Å². The Morgan fingerprint density at radius 3 is 2.69 bits per heavy atom. The van der Waals surface area contributed by atoms with Gasteiger partial charge in [0, 0.05) is 47.8 Å². The summed E-state index contributed by atoms with van der Waals surface area (Å²) in [4.78, 5) is 18.0. The molecule has 0 radical (unpaired) electrons. The molecule has 3 heterocycles. The van der Waals surface area contributed by atoms with Crippen molar-refractivity contribution in [1.82, 2.24) is 10.1 Å². The third-order valence-electron chi connectivity index (χ3n) is 6.60. The van der Waals surface area contributed by atoms with Crippen LogP contribution in [0.1, 0.15) is 46.8 Å². The van der Waals surface area contributed by atoms with E-state index in [0.717, 1.165) is 70.8 Å². The Hall–Kier alpha value is -3.22. The number of aromatic nitrogens is 2. The van der Waals surface area contributed by atoms with Crippen LogP contribution in [0.3, 0.4) is 0 Å². The molecule has 5 rings (SSSR count). The Balaban J connectivity index is 1.52. The first-order valence-corrected chi connectivity index (χ1v) is 12.3. The number of carbonyl (C=O) groups excluding carboxylic acids is 1. The Bertz CT molecular complexity index is 1360. The molecule has 0 atom stereocenters. The maximum atomic E-state index is 13.2. The van der Waals surface area contributed by atoms with E-state index in [1.807, 2.05) is 56.3 Å². The van der Waals surface area contributed by atoms with Crippen LogP contribution in [-0.4, -0.2) is 29.1 Å². The molecular formula is C28H28ClN3O3. The van der Waals surface area contributed by atoms with Crippen LogP contribution >= 0.6 is 11.6 Å². The Labute approximate surface area is 209 Å². The number of ether oxygens (including phenoxy) is 1. The summed E-state index contributed by atoms with van der Waals surface area (Å²) < 4.78 is 10.8. The number of benzene rings is 2.